The van der Waals surface area contributed by atoms with E-state index >= 15 is 0 Å². The Morgan fingerprint density at radius 3 is 1.14 bits per heavy atom. The van der Waals surface area contributed by atoms with Gasteiger partial charge < -0.3 is 0 Å². The minimum Gasteiger partial charge on any atom is -0.252 e. The predicted octanol–water partition coefficient (Wildman–Crippen LogP) is 9.48. The highest BCUT2D eigenvalue weighted by Gasteiger charge is 2.30. The molecule has 2 unspecified atom stereocenters. The van der Waals surface area contributed by atoms with E-state index in [1.165, 1.54) is 33.4 Å². The molecule has 2 aliphatic heterocycles. The maximum atomic E-state index is 5.06. The fourth-order valence-corrected chi connectivity index (χ4v) is 6.39. The summed E-state index contributed by atoms with van der Waals surface area (Å²) in [5, 5.41) is 0. The zero-order chi connectivity index (χ0) is 27.9. The van der Waals surface area contributed by atoms with Crippen LogP contribution >= 0.6 is 0 Å². The summed E-state index contributed by atoms with van der Waals surface area (Å²) >= 11 is 0. The second-order valence-corrected chi connectivity index (χ2v) is 10.9. The van der Waals surface area contributed by atoms with E-state index in [0.717, 1.165) is 33.9 Å². The summed E-state index contributed by atoms with van der Waals surface area (Å²) in [5.74, 6) is 0.370. The fourth-order valence-electron chi connectivity index (χ4n) is 6.39. The van der Waals surface area contributed by atoms with Crippen LogP contribution < -0.4 is 0 Å². The Bertz CT molecular complexity index is 1780. The first-order chi connectivity index (χ1) is 20.8. The first-order valence-corrected chi connectivity index (χ1v) is 14.5. The first-order valence-electron chi connectivity index (χ1n) is 14.5. The molecule has 0 fully saturated rings. The average Bonchev–Trinajstić information content (AvgIpc) is 3.65. The Hall–Kier alpha value is -5.34. The molecule has 4 aromatic carbocycles. The number of benzene rings is 4. The van der Waals surface area contributed by atoms with E-state index < -0.39 is 0 Å². The molecule has 8 rings (SSSR count). The van der Waals surface area contributed by atoms with Gasteiger partial charge >= 0.3 is 0 Å². The zero-order valence-electron chi connectivity index (χ0n) is 23.1. The summed E-state index contributed by atoms with van der Waals surface area (Å²) in [4.78, 5) is 10.1. The van der Waals surface area contributed by atoms with Gasteiger partial charge in [0, 0.05) is 23.0 Å². The normalized spacial score (nSPS) is 20.1. The van der Waals surface area contributed by atoms with Gasteiger partial charge in [-0.1, -0.05) is 146 Å². The lowest BCUT2D eigenvalue weighted by molar-refractivity contribution is 1.18. The number of fused-ring (bicyclic) bond motifs is 2. The molecule has 2 heterocycles. The Balaban J connectivity index is 1.13. The Labute approximate surface area is 246 Å². The number of rotatable bonds is 5. The molecule has 2 nitrogen and oxygen atoms in total. The van der Waals surface area contributed by atoms with Gasteiger partial charge in [-0.3, -0.25) is 9.98 Å². The molecule has 2 aliphatic carbocycles. The van der Waals surface area contributed by atoms with Crippen LogP contribution in [0.1, 0.15) is 22.3 Å². The molecule has 4 aromatic rings. The Kier molecular flexibility index (Phi) is 5.97. The van der Waals surface area contributed by atoms with E-state index in [1.807, 2.05) is 0 Å². The molecule has 0 radical (unpaired) electrons. The third kappa shape index (κ3) is 4.20. The lowest BCUT2D eigenvalue weighted by atomic mass is 9.85. The van der Waals surface area contributed by atoms with E-state index in [1.54, 1.807) is 0 Å². The van der Waals surface area contributed by atoms with Gasteiger partial charge in [0.05, 0.1) is 22.8 Å². The topological polar surface area (TPSA) is 24.7 Å². The van der Waals surface area contributed by atoms with Crippen molar-refractivity contribution in [3.8, 4) is 11.1 Å². The van der Waals surface area contributed by atoms with Crippen LogP contribution in [0.25, 0.3) is 33.7 Å². The van der Waals surface area contributed by atoms with E-state index in [0.29, 0.717) is 0 Å². The van der Waals surface area contributed by atoms with E-state index in [4.69, 9.17) is 9.98 Å². The van der Waals surface area contributed by atoms with Gasteiger partial charge in [-0.05, 0) is 45.6 Å². The molecule has 198 valence electrons. The highest BCUT2D eigenvalue weighted by Crippen LogP contribution is 2.43. The molecule has 0 saturated heterocycles. The van der Waals surface area contributed by atoms with Crippen molar-refractivity contribution in [2.45, 2.75) is 0 Å². The van der Waals surface area contributed by atoms with Crippen molar-refractivity contribution in [2.24, 2.45) is 21.8 Å². The molecule has 2 heteroatoms. The Morgan fingerprint density at radius 2 is 0.738 bits per heavy atom. The van der Waals surface area contributed by atoms with Crippen molar-refractivity contribution in [3.05, 3.63) is 180 Å². The minimum absolute atomic E-state index is 0.185. The molecule has 4 aliphatic rings. The second kappa shape index (κ2) is 10.2. The summed E-state index contributed by atoms with van der Waals surface area (Å²) in [7, 11) is 0. The molecule has 2 atom stereocenters. The maximum absolute atomic E-state index is 5.06. The molecule has 0 spiro atoms. The fraction of sp³-hybridized carbons (Fsp3) is 0.0500. The Morgan fingerprint density at radius 1 is 0.357 bits per heavy atom. The van der Waals surface area contributed by atoms with Crippen molar-refractivity contribution in [3.63, 3.8) is 0 Å². The lowest BCUT2D eigenvalue weighted by Crippen LogP contribution is -2.10. The van der Waals surface area contributed by atoms with E-state index in [2.05, 4.69) is 158 Å². The number of allylic oxidation sites excluding steroid dienone is 10. The van der Waals surface area contributed by atoms with Gasteiger partial charge in [0.1, 0.15) is 0 Å². The molecule has 0 N–H and O–H groups in total. The van der Waals surface area contributed by atoms with Gasteiger partial charge in [-0.15, -0.1) is 0 Å². The highest BCUT2D eigenvalue weighted by atomic mass is 14.8. The number of hydrogen-bond donors (Lipinski definition) is 0. The largest absolute Gasteiger partial charge is 0.252 e. The molecule has 0 saturated carbocycles. The number of nitrogens with zero attached hydrogens (tertiary/aromatic N) is 2. The van der Waals surface area contributed by atoms with Crippen LogP contribution in [0.15, 0.2) is 168 Å². The smallest absolute Gasteiger partial charge is 0.0753 e. The molecule has 0 amide bonds. The SMILES string of the molecule is C1=CC2=NC(c3ccccc3)=C(c3ccc(-c4ccc(C5=C(c6ccccc6)N=C6C=CC=CC65)cc4)cc3)C2C=C1. The van der Waals surface area contributed by atoms with Crippen molar-refractivity contribution >= 4 is 34.0 Å². The van der Waals surface area contributed by atoms with Crippen molar-refractivity contribution < 1.29 is 0 Å². The van der Waals surface area contributed by atoms with Crippen molar-refractivity contribution in [1.82, 2.24) is 0 Å². The standard InChI is InChI=1S/C40H28N2/c1-3-11-31(12-4-1)39-37(33-15-7-9-17-35(33)41-39)29-23-19-27(20-24-29)28-21-25-30(26-22-28)38-34-16-8-10-18-36(34)42-40(38)32-13-5-2-6-14-32/h1-26,33-34H. The van der Waals surface area contributed by atoms with Crippen LogP contribution in [0.3, 0.4) is 0 Å². The highest BCUT2D eigenvalue weighted by molar-refractivity contribution is 6.19. The van der Waals surface area contributed by atoms with Gasteiger partial charge in [-0.25, -0.2) is 0 Å². The van der Waals surface area contributed by atoms with E-state index in [-0.39, 0.29) is 11.8 Å². The molecular formula is C40H28N2. The molecule has 42 heavy (non-hydrogen) atoms. The molecule has 0 aromatic heterocycles. The van der Waals surface area contributed by atoms with Crippen molar-refractivity contribution in [1.29, 1.82) is 0 Å². The van der Waals surface area contributed by atoms with Crippen LogP contribution in [-0.2, 0) is 0 Å². The summed E-state index contributed by atoms with van der Waals surface area (Å²) < 4.78 is 0. The van der Waals surface area contributed by atoms with E-state index in [9.17, 15) is 0 Å². The molecule has 0 bridgehead atoms. The average molecular weight is 537 g/mol. The first kappa shape index (κ1) is 24.5. The number of hydrogen-bond acceptors (Lipinski definition) is 2. The number of aliphatic imine (C=N–C) groups is 2. The monoisotopic (exact) mass is 536 g/mol. The van der Waals surface area contributed by atoms with Crippen LogP contribution in [0.5, 0.6) is 0 Å². The lowest BCUT2D eigenvalue weighted by Gasteiger charge is -2.17. The van der Waals surface area contributed by atoms with Crippen LogP contribution in [0.2, 0.25) is 0 Å². The summed E-state index contributed by atoms with van der Waals surface area (Å²) in [6.45, 7) is 0. The van der Waals surface area contributed by atoms with Crippen molar-refractivity contribution in [2.75, 3.05) is 0 Å². The van der Waals surface area contributed by atoms with Crippen LogP contribution in [0.4, 0.5) is 0 Å². The summed E-state index contributed by atoms with van der Waals surface area (Å²) in [5.41, 5.74) is 14.0. The quantitative estimate of drug-likeness (QED) is 0.243. The predicted molar refractivity (Wildman–Crippen MR) is 177 cm³/mol. The molecular weight excluding hydrogens is 508 g/mol. The van der Waals surface area contributed by atoms with Gasteiger partial charge in [0.15, 0.2) is 0 Å². The summed E-state index contributed by atoms with van der Waals surface area (Å²) in [6.07, 6.45) is 17.2. The van der Waals surface area contributed by atoms with Gasteiger partial charge in [0.25, 0.3) is 0 Å². The van der Waals surface area contributed by atoms with Crippen LogP contribution in [0, 0.1) is 11.8 Å². The minimum atomic E-state index is 0.185. The van der Waals surface area contributed by atoms with Gasteiger partial charge in [0.2, 0.25) is 0 Å². The summed E-state index contributed by atoms with van der Waals surface area (Å²) in [6, 6.07) is 39.0. The van der Waals surface area contributed by atoms with Gasteiger partial charge in [-0.2, -0.15) is 0 Å². The second-order valence-electron chi connectivity index (χ2n) is 10.9. The maximum Gasteiger partial charge on any atom is 0.0753 e. The zero-order valence-corrected chi connectivity index (χ0v) is 23.1. The third-order valence-electron chi connectivity index (χ3n) is 8.43. The third-order valence-corrected chi connectivity index (χ3v) is 8.43. The van der Waals surface area contributed by atoms with Crippen LogP contribution in [-0.4, -0.2) is 11.4 Å².